The van der Waals surface area contributed by atoms with Crippen LogP contribution >= 0.6 is 0 Å². The molecule has 7 nitrogen and oxygen atoms in total. The molecule has 4 rings (SSSR count). The molecule has 0 saturated carbocycles. The van der Waals surface area contributed by atoms with E-state index in [0.717, 1.165) is 5.56 Å². The zero-order valence-electron chi connectivity index (χ0n) is 15.4. The Morgan fingerprint density at radius 1 is 1.19 bits per heavy atom. The molecule has 0 bridgehead atoms. The third kappa shape index (κ3) is 2.17. The number of anilines is 2. The van der Waals surface area contributed by atoms with Gasteiger partial charge in [0.1, 0.15) is 0 Å². The van der Waals surface area contributed by atoms with Gasteiger partial charge >= 0.3 is 0 Å². The maximum Gasteiger partial charge on any atom is 0.276 e. The Morgan fingerprint density at radius 3 is 2.67 bits per heavy atom. The largest absolute Gasteiger partial charge is 0.358 e. The van der Waals surface area contributed by atoms with Gasteiger partial charge in [0, 0.05) is 25.3 Å². The Kier molecular flexibility index (Phi) is 3.69. The van der Waals surface area contributed by atoms with Crippen LogP contribution in [0.4, 0.5) is 11.4 Å². The molecule has 0 fully saturated rings. The van der Waals surface area contributed by atoms with Gasteiger partial charge in [0.25, 0.3) is 11.8 Å². The molecule has 0 saturated heterocycles. The second kappa shape index (κ2) is 5.84. The van der Waals surface area contributed by atoms with Crippen molar-refractivity contribution < 1.29 is 14.4 Å². The quantitative estimate of drug-likeness (QED) is 0.845. The monoisotopic (exact) mass is 364 g/mol. The van der Waals surface area contributed by atoms with E-state index in [2.05, 4.69) is 10.6 Å². The lowest BCUT2D eigenvalue weighted by Crippen LogP contribution is -2.66. The molecule has 0 aromatic heterocycles. The number of likely N-dealkylation sites (N-methyl/N-ethyl adjacent to an activating group) is 2. The van der Waals surface area contributed by atoms with Crippen molar-refractivity contribution in [2.45, 2.75) is 12.6 Å². The van der Waals surface area contributed by atoms with Gasteiger partial charge in [0.2, 0.25) is 11.6 Å². The Hall–Kier alpha value is -3.35. The number of rotatable bonds is 2. The minimum absolute atomic E-state index is 0.0636. The number of carbonyl (C=O) groups is 3. The molecule has 1 atom stereocenters. The molecule has 2 aliphatic heterocycles. The van der Waals surface area contributed by atoms with Crippen molar-refractivity contribution in [1.82, 2.24) is 10.2 Å². The molecule has 2 N–H and O–H groups in total. The molecular formula is C20H20N4O3. The van der Waals surface area contributed by atoms with Crippen LogP contribution in [-0.4, -0.2) is 43.3 Å². The van der Waals surface area contributed by atoms with Gasteiger partial charge in [-0.25, -0.2) is 0 Å². The van der Waals surface area contributed by atoms with Gasteiger partial charge in [-0.3, -0.25) is 14.4 Å². The summed E-state index contributed by atoms with van der Waals surface area (Å²) in [6.07, 6.45) is 0. The van der Waals surface area contributed by atoms with Crippen LogP contribution < -0.4 is 15.5 Å². The molecule has 2 aliphatic rings. The minimum Gasteiger partial charge on any atom is -0.358 e. The number of aryl methyl sites for hydroxylation is 1. The summed E-state index contributed by atoms with van der Waals surface area (Å²) in [5.41, 5.74) is 1.88. The number of fused-ring (bicyclic) bond motifs is 3. The van der Waals surface area contributed by atoms with Gasteiger partial charge in [-0.2, -0.15) is 0 Å². The second-order valence-electron chi connectivity index (χ2n) is 6.82. The first kappa shape index (κ1) is 17.1. The fraction of sp³-hybridized carbons (Fsp3) is 0.250. The van der Waals surface area contributed by atoms with E-state index in [9.17, 15) is 14.4 Å². The lowest BCUT2D eigenvalue weighted by molar-refractivity contribution is -0.126. The van der Waals surface area contributed by atoms with Crippen LogP contribution in [0.3, 0.4) is 0 Å². The van der Waals surface area contributed by atoms with Crippen LogP contribution in [0.5, 0.6) is 0 Å². The highest BCUT2D eigenvalue weighted by atomic mass is 16.2. The zero-order valence-corrected chi connectivity index (χ0v) is 15.4. The zero-order chi connectivity index (χ0) is 19.3. The van der Waals surface area contributed by atoms with Crippen LogP contribution in [0.1, 0.15) is 21.5 Å². The van der Waals surface area contributed by atoms with Crippen molar-refractivity contribution in [3.63, 3.8) is 0 Å². The molecule has 1 spiro atoms. The van der Waals surface area contributed by atoms with Gasteiger partial charge in [0.05, 0.1) is 17.8 Å². The molecule has 138 valence electrons. The summed E-state index contributed by atoms with van der Waals surface area (Å²) >= 11 is 0. The maximum absolute atomic E-state index is 13.3. The summed E-state index contributed by atoms with van der Waals surface area (Å²) < 4.78 is 0. The van der Waals surface area contributed by atoms with Crippen LogP contribution in [0, 0.1) is 6.92 Å². The van der Waals surface area contributed by atoms with Crippen LogP contribution in [0.2, 0.25) is 0 Å². The first-order valence-electron chi connectivity index (χ1n) is 8.69. The number of amides is 3. The van der Waals surface area contributed by atoms with Crippen LogP contribution in [-0.2, 0) is 15.3 Å². The van der Waals surface area contributed by atoms with Gasteiger partial charge in [0.15, 0.2) is 0 Å². The van der Waals surface area contributed by atoms with E-state index >= 15 is 0 Å². The van der Waals surface area contributed by atoms with Crippen LogP contribution in [0.15, 0.2) is 42.5 Å². The molecule has 0 unspecified atom stereocenters. The third-order valence-electron chi connectivity index (χ3n) is 5.30. The number of nitrogens with zero attached hydrogens (tertiary/aromatic N) is 2. The smallest absolute Gasteiger partial charge is 0.276 e. The summed E-state index contributed by atoms with van der Waals surface area (Å²) in [4.78, 5) is 41.9. The fourth-order valence-electron chi connectivity index (χ4n) is 3.98. The Bertz CT molecular complexity index is 987. The molecule has 2 heterocycles. The van der Waals surface area contributed by atoms with E-state index in [4.69, 9.17) is 0 Å². The van der Waals surface area contributed by atoms with Crippen molar-refractivity contribution in [3.05, 3.63) is 59.2 Å². The van der Waals surface area contributed by atoms with E-state index in [1.165, 1.54) is 4.90 Å². The molecule has 27 heavy (non-hydrogen) atoms. The van der Waals surface area contributed by atoms with E-state index in [-0.39, 0.29) is 24.3 Å². The molecule has 0 radical (unpaired) electrons. The van der Waals surface area contributed by atoms with E-state index in [1.807, 2.05) is 25.1 Å². The summed E-state index contributed by atoms with van der Waals surface area (Å²) in [6, 6.07) is 12.7. The normalized spacial score (nSPS) is 20.4. The number of benzene rings is 2. The molecule has 7 heteroatoms. The number of carbonyl (C=O) groups excluding carboxylic acids is 3. The standard InChI is InChI=1S/C20H20N4O3/c1-12-8-9-15-14(10-12)20(19(27)22-15)23(3)18(26)13-6-4-5-7-16(13)24(20)11-17(25)21-2/h4-10H,11H2,1-3H3,(H,21,25)(H,22,27)/t20-/m1/s1. The highest BCUT2D eigenvalue weighted by Crippen LogP contribution is 2.48. The first-order chi connectivity index (χ1) is 12.9. The third-order valence-corrected chi connectivity index (χ3v) is 5.30. The Balaban J connectivity index is 2.03. The Labute approximate surface area is 157 Å². The number of hydrogen-bond donors (Lipinski definition) is 2. The van der Waals surface area contributed by atoms with Gasteiger partial charge in [-0.05, 0) is 31.2 Å². The van der Waals surface area contributed by atoms with Gasteiger partial charge < -0.3 is 20.4 Å². The second-order valence-corrected chi connectivity index (χ2v) is 6.82. The van der Waals surface area contributed by atoms with E-state index in [0.29, 0.717) is 22.5 Å². The summed E-state index contributed by atoms with van der Waals surface area (Å²) in [7, 11) is 3.15. The van der Waals surface area contributed by atoms with E-state index in [1.54, 1.807) is 43.3 Å². The lowest BCUT2D eigenvalue weighted by Gasteiger charge is -2.50. The average molecular weight is 364 g/mol. The van der Waals surface area contributed by atoms with Crippen molar-refractivity contribution >= 4 is 29.1 Å². The highest BCUT2D eigenvalue weighted by molar-refractivity contribution is 6.15. The highest BCUT2D eigenvalue weighted by Gasteiger charge is 2.59. The molecule has 3 amide bonds. The van der Waals surface area contributed by atoms with Gasteiger partial charge in [-0.15, -0.1) is 0 Å². The SMILES string of the molecule is CNC(=O)CN1c2ccccc2C(=O)N(C)[C@@]12C(=O)Nc1ccc(C)cc12. The predicted molar refractivity (Wildman–Crippen MR) is 101 cm³/mol. The Morgan fingerprint density at radius 2 is 1.93 bits per heavy atom. The van der Waals surface area contributed by atoms with Crippen molar-refractivity contribution in [2.24, 2.45) is 0 Å². The lowest BCUT2D eigenvalue weighted by atomic mass is 9.90. The van der Waals surface area contributed by atoms with Gasteiger partial charge in [-0.1, -0.05) is 23.8 Å². The summed E-state index contributed by atoms with van der Waals surface area (Å²) in [6.45, 7) is 1.87. The fourth-order valence-corrected chi connectivity index (χ4v) is 3.98. The number of para-hydroxylation sites is 1. The summed E-state index contributed by atoms with van der Waals surface area (Å²) in [5, 5.41) is 5.49. The first-order valence-corrected chi connectivity index (χ1v) is 8.69. The van der Waals surface area contributed by atoms with Crippen molar-refractivity contribution in [2.75, 3.05) is 30.9 Å². The minimum atomic E-state index is -1.42. The molecule has 2 aromatic carbocycles. The number of nitrogens with one attached hydrogen (secondary N) is 2. The predicted octanol–water partition coefficient (Wildman–Crippen LogP) is 1.44. The molecule has 2 aromatic rings. The molecule has 0 aliphatic carbocycles. The van der Waals surface area contributed by atoms with Crippen molar-refractivity contribution in [3.8, 4) is 0 Å². The van der Waals surface area contributed by atoms with Crippen LogP contribution in [0.25, 0.3) is 0 Å². The average Bonchev–Trinajstić information content (AvgIpc) is 2.95. The van der Waals surface area contributed by atoms with Crippen molar-refractivity contribution in [1.29, 1.82) is 0 Å². The molecular weight excluding hydrogens is 344 g/mol. The van der Waals surface area contributed by atoms with E-state index < -0.39 is 5.66 Å². The number of hydrogen-bond acceptors (Lipinski definition) is 4. The topological polar surface area (TPSA) is 81.8 Å². The summed E-state index contributed by atoms with van der Waals surface area (Å²) in [5.74, 6) is -0.860. The maximum atomic E-state index is 13.3.